The molecule has 3 heterocycles. The van der Waals surface area contributed by atoms with Gasteiger partial charge < -0.3 is 20.4 Å². The van der Waals surface area contributed by atoms with Crippen LogP contribution in [0, 0.1) is 0 Å². The topological polar surface area (TPSA) is 253 Å². The molecule has 8 aromatic rings. The first-order valence-electron chi connectivity index (χ1n) is 21.0. The van der Waals surface area contributed by atoms with E-state index in [9.17, 15) is 25.9 Å². The number of azo groups is 2. The highest BCUT2D eigenvalue weighted by Crippen LogP contribution is 2.39. The van der Waals surface area contributed by atoms with Gasteiger partial charge in [-0.3, -0.25) is 9.11 Å². The minimum Gasteiger partial charge on any atom is -0.372 e. The molecular weight excluding hydrogens is 967 g/mol. The number of nitrogens with one attached hydrogen (secondary N) is 2. The van der Waals surface area contributed by atoms with E-state index in [-0.39, 0.29) is 21.7 Å². The highest BCUT2D eigenvalue weighted by molar-refractivity contribution is 7.98. The van der Waals surface area contributed by atoms with Crippen LogP contribution in [0.1, 0.15) is 33.3 Å². The maximum Gasteiger partial charge on any atom is 0.294 e. The van der Waals surface area contributed by atoms with Crippen molar-refractivity contribution in [1.82, 2.24) is 23.7 Å². The lowest BCUT2D eigenvalue weighted by Gasteiger charge is -2.22. The second-order valence-corrected chi connectivity index (χ2v) is 20.0. The van der Waals surface area contributed by atoms with E-state index in [2.05, 4.69) is 77.3 Å². The summed E-state index contributed by atoms with van der Waals surface area (Å²) in [6.07, 6.45) is 0. The van der Waals surface area contributed by atoms with Crippen molar-refractivity contribution in [3.8, 4) is 0 Å². The lowest BCUT2D eigenvalue weighted by atomic mass is 10.2. The summed E-state index contributed by atoms with van der Waals surface area (Å²) < 4.78 is 74.9. The van der Waals surface area contributed by atoms with Crippen LogP contribution < -0.4 is 20.4 Å². The summed E-state index contributed by atoms with van der Waals surface area (Å²) in [6.45, 7) is 11.3. The van der Waals surface area contributed by atoms with Crippen LogP contribution in [0.3, 0.4) is 0 Å². The molecular formula is C44H43N13O6S5. The number of thioether (sulfide) groups is 1. The molecule has 0 amide bonds. The number of fused-ring (bicyclic) bond motifs is 2. The predicted octanol–water partition coefficient (Wildman–Crippen LogP) is 11.9. The number of aromatic nitrogens is 5. The molecule has 8 rings (SSSR count). The van der Waals surface area contributed by atoms with Crippen LogP contribution in [0.15, 0.2) is 139 Å². The Kier molecular flexibility index (Phi) is 14.6. The first kappa shape index (κ1) is 47.9. The molecule has 0 atom stereocenters. The minimum atomic E-state index is -4.42. The minimum absolute atomic E-state index is 0.204. The molecule has 0 aliphatic rings. The quantitative estimate of drug-likeness (QED) is 0.0334. The molecule has 0 aliphatic heterocycles. The van der Waals surface area contributed by atoms with Gasteiger partial charge in [0, 0.05) is 54.1 Å². The monoisotopic (exact) mass is 1010 g/mol. The molecule has 0 spiro atoms. The summed E-state index contributed by atoms with van der Waals surface area (Å²) >= 11 is 3.50. The lowest BCUT2D eigenvalue weighted by molar-refractivity contribution is 0.481. The molecule has 68 heavy (non-hydrogen) atoms. The maximum atomic E-state index is 11.8. The van der Waals surface area contributed by atoms with Crippen LogP contribution in [0.5, 0.6) is 0 Å². The first-order valence-corrected chi connectivity index (χ1v) is 26.5. The molecule has 0 unspecified atom stereocenters. The molecule has 0 saturated heterocycles. The van der Waals surface area contributed by atoms with Crippen LogP contribution in [0.2, 0.25) is 0 Å². The average Bonchev–Trinajstić information content (AvgIpc) is 3.94. The second-order valence-electron chi connectivity index (χ2n) is 14.7. The number of hydrogen-bond acceptors (Lipinski definition) is 20. The van der Waals surface area contributed by atoms with Crippen LogP contribution in [-0.2, 0) is 26.0 Å². The van der Waals surface area contributed by atoms with Gasteiger partial charge >= 0.3 is 0 Å². The van der Waals surface area contributed by atoms with E-state index >= 15 is 0 Å². The highest BCUT2D eigenvalue weighted by Gasteiger charge is 2.18. The van der Waals surface area contributed by atoms with Gasteiger partial charge in [-0.1, -0.05) is 42.1 Å². The van der Waals surface area contributed by atoms with Crippen molar-refractivity contribution in [2.45, 2.75) is 48.4 Å². The lowest BCUT2D eigenvalue weighted by Crippen LogP contribution is -2.21. The van der Waals surface area contributed by atoms with Crippen molar-refractivity contribution in [3.05, 3.63) is 109 Å². The average molecular weight is 1010 g/mol. The van der Waals surface area contributed by atoms with E-state index in [1.165, 1.54) is 48.2 Å². The van der Waals surface area contributed by atoms with E-state index in [0.717, 1.165) is 66.2 Å². The van der Waals surface area contributed by atoms with Crippen LogP contribution >= 0.6 is 34.8 Å². The van der Waals surface area contributed by atoms with Gasteiger partial charge in [0.1, 0.15) is 11.4 Å². The van der Waals surface area contributed by atoms with Crippen molar-refractivity contribution in [2.24, 2.45) is 20.5 Å². The molecule has 350 valence electrons. The summed E-state index contributed by atoms with van der Waals surface area (Å²) in [6, 6.07) is 29.6. The Labute approximate surface area is 404 Å². The molecule has 0 aliphatic carbocycles. The molecule has 0 saturated carbocycles. The Balaban J connectivity index is 1.18. The summed E-state index contributed by atoms with van der Waals surface area (Å²) in [5, 5.41) is 27.5. The third-order valence-electron chi connectivity index (χ3n) is 10.5. The van der Waals surface area contributed by atoms with Gasteiger partial charge in [-0.25, -0.2) is 0 Å². The molecule has 19 nitrogen and oxygen atoms in total. The van der Waals surface area contributed by atoms with Crippen molar-refractivity contribution >= 4 is 133 Å². The van der Waals surface area contributed by atoms with E-state index in [4.69, 9.17) is 15.0 Å². The Morgan fingerprint density at radius 2 is 1.03 bits per heavy atom. The third-order valence-corrected chi connectivity index (χ3v) is 14.6. The summed E-state index contributed by atoms with van der Waals surface area (Å²) in [5.41, 5.74) is 5.57. The summed E-state index contributed by atoms with van der Waals surface area (Å²) in [4.78, 5) is 18.4. The maximum absolute atomic E-state index is 11.8. The second kappa shape index (κ2) is 20.8. The number of benzene rings is 5. The van der Waals surface area contributed by atoms with Crippen molar-refractivity contribution in [1.29, 1.82) is 0 Å². The van der Waals surface area contributed by atoms with Gasteiger partial charge in [-0.15, -0.1) is 20.5 Å². The van der Waals surface area contributed by atoms with Crippen molar-refractivity contribution in [2.75, 3.05) is 46.6 Å². The van der Waals surface area contributed by atoms with Gasteiger partial charge in [0.05, 0.1) is 32.2 Å². The number of nitrogens with zero attached hydrogens (tertiary/aromatic N) is 11. The van der Waals surface area contributed by atoms with Crippen molar-refractivity contribution in [3.63, 3.8) is 0 Å². The van der Waals surface area contributed by atoms with E-state index < -0.39 is 20.2 Å². The molecule has 3 aromatic heterocycles. The standard InChI is InChI=1S/C44H43N13O6S5/c1-5-56(6-2)28-14-20-34(50-52-40-32-18-16-30(67(58,59)60)24-36(32)54-65-40)38(22-28)45-42-47-43(49-44(48-42)64-26-27-12-10-9-11-13-27)46-39-23-29(57(7-3)8-4)15-21-35(39)51-53-41-33-19-17-31(68(61,62)63)25-37(33)55-66-41/h9-25H,5-8,26H2,1-4H3,(H,58,59,60)(H,61,62,63)(H2,45,46,47,48,49)/b52-50+,53-51+. The number of rotatable bonds is 19. The zero-order chi connectivity index (χ0) is 48.0. The van der Waals surface area contributed by atoms with Crippen molar-refractivity contribution < 1.29 is 25.9 Å². The highest BCUT2D eigenvalue weighted by atomic mass is 32.2. The fourth-order valence-electron chi connectivity index (χ4n) is 6.97. The molecule has 0 bridgehead atoms. The molecule has 5 aromatic carbocycles. The predicted molar refractivity (Wildman–Crippen MR) is 270 cm³/mol. The Morgan fingerprint density at radius 1 is 0.574 bits per heavy atom. The molecule has 0 radical (unpaired) electrons. The first-order chi connectivity index (χ1) is 32.7. The summed E-state index contributed by atoms with van der Waals surface area (Å²) in [7, 11) is -8.85. The smallest absolute Gasteiger partial charge is 0.294 e. The Bertz CT molecular complexity index is 3200. The Hall–Kier alpha value is -6.54. The van der Waals surface area contributed by atoms with Crippen LogP contribution in [0.4, 0.5) is 56.0 Å². The summed E-state index contributed by atoms with van der Waals surface area (Å²) in [5.74, 6) is 0.979. The SMILES string of the molecule is CCN(CC)c1ccc(/N=N/c2snc3cc(S(=O)(=O)O)ccc23)c(Nc2nc(Nc3cc(N(CC)CC)ccc3/N=N/c3snc4cc(S(=O)(=O)O)ccc34)nc(SCc3ccccc3)n2)c1. The van der Waals surface area contributed by atoms with E-state index in [1.54, 1.807) is 0 Å². The van der Waals surface area contributed by atoms with Gasteiger partial charge in [0.15, 0.2) is 15.2 Å². The van der Waals surface area contributed by atoms with Gasteiger partial charge in [-0.2, -0.15) is 40.5 Å². The van der Waals surface area contributed by atoms with Gasteiger partial charge in [0.25, 0.3) is 20.2 Å². The number of hydrogen-bond donors (Lipinski definition) is 4. The molecule has 0 fully saturated rings. The normalized spacial score (nSPS) is 12.1. The van der Waals surface area contributed by atoms with Gasteiger partial charge in [0.2, 0.25) is 11.9 Å². The Morgan fingerprint density at radius 3 is 1.46 bits per heavy atom. The fraction of sp³-hybridized carbons (Fsp3) is 0.205. The fourth-order valence-corrected chi connectivity index (χ4v) is 10.1. The largest absolute Gasteiger partial charge is 0.372 e. The van der Waals surface area contributed by atoms with E-state index in [0.29, 0.717) is 65.5 Å². The van der Waals surface area contributed by atoms with Crippen LogP contribution in [0.25, 0.3) is 21.8 Å². The molecule has 4 N–H and O–H groups in total. The third kappa shape index (κ3) is 11.2. The van der Waals surface area contributed by atoms with Gasteiger partial charge in [-0.05, 0) is 129 Å². The number of anilines is 6. The van der Waals surface area contributed by atoms with E-state index in [1.807, 2.05) is 66.7 Å². The zero-order valence-electron chi connectivity index (χ0n) is 36.8. The van der Waals surface area contributed by atoms with Crippen LogP contribution in [-0.4, -0.2) is 75.8 Å². The molecule has 24 heteroatoms. The zero-order valence-corrected chi connectivity index (χ0v) is 40.9.